The second-order valence-corrected chi connectivity index (χ2v) is 7.02. The average molecular weight is 378 g/mol. The fraction of sp³-hybridized carbons (Fsp3) is 0.182. The fourth-order valence-electron chi connectivity index (χ4n) is 3.40. The highest BCUT2D eigenvalue weighted by atomic mass is 35.5. The largest absolute Gasteiger partial charge is 0.380 e. The van der Waals surface area contributed by atoms with Gasteiger partial charge in [-0.2, -0.15) is 0 Å². The number of anilines is 1. The minimum absolute atomic E-state index is 0.0786. The molecular weight excluding hydrogens is 358 g/mol. The topological polar surface area (TPSA) is 45.2 Å². The zero-order chi connectivity index (χ0) is 18.6. The molecule has 0 radical (unpaired) electrons. The summed E-state index contributed by atoms with van der Waals surface area (Å²) in [5.41, 5.74) is 4.93. The normalized spacial score (nSPS) is 12.9. The first kappa shape index (κ1) is 17.6. The van der Waals surface area contributed by atoms with E-state index in [2.05, 4.69) is 10.3 Å². The molecule has 0 aliphatic carbocycles. The van der Waals surface area contributed by atoms with E-state index in [1.54, 1.807) is 12.4 Å². The Labute approximate surface area is 163 Å². The van der Waals surface area contributed by atoms with Crippen LogP contribution in [0.4, 0.5) is 5.69 Å². The fourth-order valence-corrected chi connectivity index (χ4v) is 3.63. The molecule has 136 valence electrons. The molecule has 0 unspecified atom stereocenters. The average Bonchev–Trinajstić information content (AvgIpc) is 3.03. The number of carbonyl (C=O) groups is 1. The molecule has 0 spiro atoms. The van der Waals surface area contributed by atoms with E-state index in [0.717, 1.165) is 39.4 Å². The number of hydrogen-bond acceptors (Lipinski definition) is 3. The van der Waals surface area contributed by atoms with Gasteiger partial charge < -0.3 is 10.2 Å². The van der Waals surface area contributed by atoms with Gasteiger partial charge in [0.1, 0.15) is 0 Å². The van der Waals surface area contributed by atoms with Gasteiger partial charge in [0.25, 0.3) is 5.91 Å². The van der Waals surface area contributed by atoms with E-state index in [9.17, 15) is 4.79 Å². The van der Waals surface area contributed by atoms with Gasteiger partial charge in [-0.1, -0.05) is 41.9 Å². The van der Waals surface area contributed by atoms with Gasteiger partial charge in [0, 0.05) is 42.7 Å². The number of nitrogens with one attached hydrogen (secondary N) is 1. The van der Waals surface area contributed by atoms with E-state index >= 15 is 0 Å². The van der Waals surface area contributed by atoms with Crippen molar-refractivity contribution < 1.29 is 4.79 Å². The summed E-state index contributed by atoms with van der Waals surface area (Å²) in [5.74, 6) is 0.0786. The summed E-state index contributed by atoms with van der Waals surface area (Å²) in [7, 11) is 0. The number of halogens is 1. The quantitative estimate of drug-likeness (QED) is 0.685. The number of nitrogens with zero attached hydrogens (tertiary/aromatic N) is 2. The van der Waals surface area contributed by atoms with Crippen LogP contribution < -0.4 is 5.32 Å². The number of benzene rings is 2. The summed E-state index contributed by atoms with van der Waals surface area (Å²) in [5, 5.41) is 4.15. The van der Waals surface area contributed by atoms with Gasteiger partial charge in [-0.3, -0.25) is 9.78 Å². The lowest BCUT2D eigenvalue weighted by molar-refractivity contribution is 0.0781. The van der Waals surface area contributed by atoms with Crippen molar-refractivity contribution >= 4 is 23.2 Å². The van der Waals surface area contributed by atoms with Crippen molar-refractivity contribution in [2.24, 2.45) is 0 Å². The second kappa shape index (κ2) is 7.80. The standard InChI is InChI=1S/C22H20ClN3O/c23-19-6-2-1-4-17(19)10-13-26-15-18-5-3-7-20(21(18)22(26)27)25-14-16-8-11-24-12-9-16/h1-9,11-12,25H,10,13-15H2. The van der Waals surface area contributed by atoms with Crippen molar-refractivity contribution in [1.82, 2.24) is 9.88 Å². The molecule has 2 aromatic carbocycles. The molecule has 5 heteroatoms. The Morgan fingerprint density at radius 2 is 1.85 bits per heavy atom. The molecule has 4 rings (SSSR count). The maximum atomic E-state index is 13.0. The summed E-state index contributed by atoms with van der Waals surface area (Å²) >= 11 is 6.24. The van der Waals surface area contributed by atoms with Crippen LogP contribution in [-0.2, 0) is 19.5 Å². The highest BCUT2D eigenvalue weighted by Gasteiger charge is 2.29. The van der Waals surface area contributed by atoms with Crippen molar-refractivity contribution in [3.05, 3.63) is 94.3 Å². The molecule has 1 aliphatic heterocycles. The lowest BCUT2D eigenvalue weighted by atomic mass is 10.1. The number of fused-ring (bicyclic) bond motifs is 1. The smallest absolute Gasteiger partial charge is 0.256 e. The van der Waals surface area contributed by atoms with Crippen LogP contribution in [0.3, 0.4) is 0 Å². The minimum atomic E-state index is 0.0786. The summed E-state index contributed by atoms with van der Waals surface area (Å²) in [4.78, 5) is 18.9. The summed E-state index contributed by atoms with van der Waals surface area (Å²) in [6.07, 6.45) is 4.29. The Morgan fingerprint density at radius 1 is 1.04 bits per heavy atom. The minimum Gasteiger partial charge on any atom is -0.380 e. The van der Waals surface area contributed by atoms with Gasteiger partial charge in [0.2, 0.25) is 0 Å². The third kappa shape index (κ3) is 3.81. The van der Waals surface area contributed by atoms with Crippen molar-refractivity contribution in [3.8, 4) is 0 Å². The predicted octanol–water partition coefficient (Wildman–Crippen LogP) is 4.55. The van der Waals surface area contributed by atoms with E-state index in [1.807, 2.05) is 59.5 Å². The van der Waals surface area contributed by atoms with Crippen LogP contribution in [0.15, 0.2) is 67.0 Å². The maximum absolute atomic E-state index is 13.0. The molecule has 0 saturated heterocycles. The van der Waals surface area contributed by atoms with Gasteiger partial charge >= 0.3 is 0 Å². The maximum Gasteiger partial charge on any atom is 0.256 e. The SMILES string of the molecule is O=C1c2c(cccc2NCc2ccncc2)CN1CCc1ccccc1Cl. The highest BCUT2D eigenvalue weighted by Crippen LogP contribution is 2.30. The lowest BCUT2D eigenvalue weighted by Crippen LogP contribution is -2.26. The van der Waals surface area contributed by atoms with Crippen LogP contribution in [0.2, 0.25) is 5.02 Å². The third-order valence-corrected chi connectivity index (χ3v) is 5.22. The monoisotopic (exact) mass is 377 g/mol. The van der Waals surface area contributed by atoms with Crippen LogP contribution in [0.5, 0.6) is 0 Å². The summed E-state index contributed by atoms with van der Waals surface area (Å²) < 4.78 is 0. The van der Waals surface area contributed by atoms with Crippen LogP contribution in [0.1, 0.15) is 27.0 Å². The van der Waals surface area contributed by atoms with E-state index in [1.165, 1.54) is 0 Å². The second-order valence-electron chi connectivity index (χ2n) is 6.62. The Morgan fingerprint density at radius 3 is 2.67 bits per heavy atom. The molecule has 3 aromatic rings. The molecule has 0 fully saturated rings. The van der Waals surface area contributed by atoms with Gasteiger partial charge in [-0.15, -0.1) is 0 Å². The third-order valence-electron chi connectivity index (χ3n) is 4.85. The number of aromatic nitrogens is 1. The molecule has 1 aliphatic rings. The Hall–Kier alpha value is -2.85. The van der Waals surface area contributed by atoms with Crippen LogP contribution in [-0.4, -0.2) is 22.3 Å². The number of pyridine rings is 1. The highest BCUT2D eigenvalue weighted by molar-refractivity contribution is 6.31. The molecule has 0 bridgehead atoms. The number of hydrogen-bond donors (Lipinski definition) is 1. The zero-order valence-electron chi connectivity index (χ0n) is 14.9. The van der Waals surface area contributed by atoms with Gasteiger partial charge in [0.15, 0.2) is 0 Å². The zero-order valence-corrected chi connectivity index (χ0v) is 15.6. The lowest BCUT2D eigenvalue weighted by Gasteiger charge is -2.16. The molecule has 0 atom stereocenters. The van der Waals surface area contributed by atoms with E-state index in [0.29, 0.717) is 19.6 Å². The van der Waals surface area contributed by atoms with E-state index < -0.39 is 0 Å². The Balaban J connectivity index is 1.46. The Kier molecular flexibility index (Phi) is 5.07. The van der Waals surface area contributed by atoms with Crippen LogP contribution >= 0.6 is 11.6 Å². The molecule has 2 heterocycles. The van der Waals surface area contributed by atoms with Gasteiger partial charge in [-0.05, 0) is 47.4 Å². The Bertz CT molecular complexity index is 959. The van der Waals surface area contributed by atoms with Gasteiger partial charge in [0.05, 0.1) is 5.56 Å². The number of carbonyl (C=O) groups excluding carboxylic acids is 1. The van der Waals surface area contributed by atoms with Crippen molar-refractivity contribution in [2.45, 2.75) is 19.5 Å². The molecule has 4 nitrogen and oxygen atoms in total. The van der Waals surface area contributed by atoms with E-state index in [4.69, 9.17) is 11.6 Å². The van der Waals surface area contributed by atoms with Crippen molar-refractivity contribution in [1.29, 1.82) is 0 Å². The van der Waals surface area contributed by atoms with E-state index in [-0.39, 0.29) is 5.91 Å². The molecule has 1 aromatic heterocycles. The van der Waals surface area contributed by atoms with Crippen LogP contribution in [0, 0.1) is 0 Å². The summed E-state index contributed by atoms with van der Waals surface area (Å²) in [6, 6.07) is 17.7. The summed E-state index contributed by atoms with van der Waals surface area (Å²) in [6.45, 7) is 1.95. The molecule has 1 N–H and O–H groups in total. The molecular formula is C22H20ClN3O. The predicted molar refractivity (Wildman–Crippen MR) is 108 cm³/mol. The molecule has 27 heavy (non-hydrogen) atoms. The van der Waals surface area contributed by atoms with Crippen molar-refractivity contribution in [2.75, 3.05) is 11.9 Å². The first-order valence-corrected chi connectivity index (χ1v) is 9.37. The van der Waals surface area contributed by atoms with Crippen LogP contribution in [0.25, 0.3) is 0 Å². The number of amides is 1. The first-order chi connectivity index (χ1) is 13.2. The molecule has 1 amide bonds. The molecule has 0 saturated carbocycles. The first-order valence-electron chi connectivity index (χ1n) is 9.00. The van der Waals surface area contributed by atoms with Gasteiger partial charge in [-0.25, -0.2) is 0 Å². The van der Waals surface area contributed by atoms with Crippen molar-refractivity contribution in [3.63, 3.8) is 0 Å². The number of rotatable bonds is 6.